The van der Waals surface area contributed by atoms with Crippen LogP contribution in [0.15, 0.2) is 12.3 Å². The number of likely N-dealkylation sites (N-methyl/N-ethyl adjacent to an activating group) is 1. The molecule has 6 nitrogen and oxygen atoms in total. The van der Waals surface area contributed by atoms with Crippen molar-refractivity contribution >= 4 is 11.9 Å². The van der Waals surface area contributed by atoms with Crippen molar-refractivity contribution in [2.24, 2.45) is 0 Å². The van der Waals surface area contributed by atoms with Crippen molar-refractivity contribution in [1.29, 1.82) is 0 Å². The van der Waals surface area contributed by atoms with E-state index in [1.54, 1.807) is 11.9 Å². The van der Waals surface area contributed by atoms with E-state index in [2.05, 4.69) is 9.97 Å². The fourth-order valence-corrected chi connectivity index (χ4v) is 4.40. The number of hydrogen-bond acceptors (Lipinski definition) is 5. The molecule has 3 aliphatic rings. The summed E-state index contributed by atoms with van der Waals surface area (Å²) in [7, 11) is 1.76. The average Bonchev–Trinajstić information content (AvgIpc) is 2.83. The van der Waals surface area contributed by atoms with Crippen LogP contribution in [-0.4, -0.2) is 58.7 Å². The standard InChI is InChI=1S/C16H19F3N4O2/c1-22-9-15(25-8-13(22)24)6-10-2-3-11(7-15)23(10)14-20-5-4-12(21-14)16(17,18)19/h4-5,10-11H,2-3,6-9H2,1H3. The Morgan fingerprint density at radius 1 is 1.28 bits per heavy atom. The first-order valence-electron chi connectivity index (χ1n) is 8.34. The Bertz CT molecular complexity index is 682. The molecule has 25 heavy (non-hydrogen) atoms. The number of aromatic nitrogens is 2. The molecule has 3 fully saturated rings. The molecular formula is C16H19F3N4O2. The second-order valence-electron chi connectivity index (χ2n) is 7.16. The number of ether oxygens (including phenoxy) is 1. The van der Waals surface area contributed by atoms with E-state index >= 15 is 0 Å². The number of nitrogens with zero attached hydrogens (tertiary/aromatic N) is 4. The molecule has 0 N–H and O–H groups in total. The average molecular weight is 356 g/mol. The van der Waals surface area contributed by atoms with Crippen LogP contribution in [-0.2, 0) is 15.7 Å². The Balaban J connectivity index is 1.58. The molecule has 0 aliphatic carbocycles. The Morgan fingerprint density at radius 2 is 1.96 bits per heavy atom. The molecule has 2 unspecified atom stereocenters. The van der Waals surface area contributed by atoms with Crippen LogP contribution in [0.1, 0.15) is 31.4 Å². The van der Waals surface area contributed by atoms with E-state index in [4.69, 9.17) is 4.74 Å². The summed E-state index contributed by atoms with van der Waals surface area (Å²) in [5.41, 5.74) is -1.33. The van der Waals surface area contributed by atoms with Crippen molar-refractivity contribution < 1.29 is 22.7 Å². The van der Waals surface area contributed by atoms with Crippen molar-refractivity contribution in [3.05, 3.63) is 18.0 Å². The van der Waals surface area contributed by atoms with E-state index in [1.165, 1.54) is 6.20 Å². The number of anilines is 1. The molecule has 4 heterocycles. The molecule has 1 aromatic rings. The maximum absolute atomic E-state index is 12.9. The summed E-state index contributed by atoms with van der Waals surface area (Å²) < 4.78 is 44.7. The van der Waals surface area contributed by atoms with Crippen molar-refractivity contribution in [1.82, 2.24) is 14.9 Å². The third-order valence-corrected chi connectivity index (χ3v) is 5.45. The van der Waals surface area contributed by atoms with Gasteiger partial charge in [-0.25, -0.2) is 9.97 Å². The van der Waals surface area contributed by atoms with Crippen molar-refractivity contribution in [3.63, 3.8) is 0 Å². The van der Waals surface area contributed by atoms with Gasteiger partial charge in [-0.05, 0) is 31.7 Å². The molecule has 9 heteroatoms. The molecule has 0 aromatic carbocycles. The third kappa shape index (κ3) is 2.84. The fourth-order valence-electron chi connectivity index (χ4n) is 4.40. The van der Waals surface area contributed by atoms with E-state index in [1.807, 2.05) is 4.90 Å². The van der Waals surface area contributed by atoms with Gasteiger partial charge in [0, 0.05) is 31.9 Å². The second-order valence-corrected chi connectivity index (χ2v) is 7.16. The second kappa shape index (κ2) is 5.55. The maximum atomic E-state index is 12.9. The predicted molar refractivity (Wildman–Crippen MR) is 81.9 cm³/mol. The molecule has 136 valence electrons. The zero-order chi connectivity index (χ0) is 17.8. The number of piperidine rings is 1. The molecule has 4 rings (SSSR count). The zero-order valence-corrected chi connectivity index (χ0v) is 13.8. The lowest BCUT2D eigenvalue weighted by molar-refractivity contribution is -0.166. The summed E-state index contributed by atoms with van der Waals surface area (Å²) in [6.45, 7) is 0.589. The highest BCUT2D eigenvalue weighted by molar-refractivity contribution is 5.78. The van der Waals surface area contributed by atoms with Crippen LogP contribution < -0.4 is 4.90 Å². The van der Waals surface area contributed by atoms with Crippen molar-refractivity contribution in [3.8, 4) is 0 Å². The largest absolute Gasteiger partial charge is 0.433 e. The number of morpholine rings is 1. The van der Waals surface area contributed by atoms with E-state index in [0.717, 1.165) is 18.9 Å². The molecule has 1 amide bonds. The quantitative estimate of drug-likeness (QED) is 0.769. The van der Waals surface area contributed by atoms with Gasteiger partial charge in [0.05, 0.1) is 5.60 Å². The van der Waals surface area contributed by atoms with Gasteiger partial charge in [0.25, 0.3) is 0 Å². The first kappa shape index (κ1) is 16.6. The summed E-state index contributed by atoms with van der Waals surface area (Å²) >= 11 is 0. The van der Waals surface area contributed by atoms with Gasteiger partial charge >= 0.3 is 6.18 Å². The first-order chi connectivity index (χ1) is 11.8. The fraction of sp³-hybridized carbons (Fsp3) is 0.688. The lowest BCUT2D eigenvalue weighted by Crippen LogP contribution is -2.61. The normalized spacial score (nSPS) is 32.6. The summed E-state index contributed by atoms with van der Waals surface area (Å²) in [4.78, 5) is 23.1. The SMILES string of the molecule is CN1CC2(CC3CCC(C2)N3c2nccc(C(F)(F)F)n2)OCC1=O. The van der Waals surface area contributed by atoms with Gasteiger partial charge in [0.1, 0.15) is 12.3 Å². The van der Waals surface area contributed by atoms with Gasteiger partial charge < -0.3 is 14.5 Å². The number of fused-ring (bicyclic) bond motifs is 2. The number of carbonyl (C=O) groups is 1. The van der Waals surface area contributed by atoms with E-state index in [9.17, 15) is 18.0 Å². The van der Waals surface area contributed by atoms with E-state index in [-0.39, 0.29) is 30.5 Å². The Labute approximate surface area is 143 Å². The van der Waals surface area contributed by atoms with Crippen LogP contribution in [0.5, 0.6) is 0 Å². The van der Waals surface area contributed by atoms with Gasteiger partial charge in [-0.3, -0.25) is 4.79 Å². The molecule has 0 saturated carbocycles. The van der Waals surface area contributed by atoms with Crippen LogP contribution in [0.4, 0.5) is 19.1 Å². The maximum Gasteiger partial charge on any atom is 0.433 e. The minimum atomic E-state index is -4.48. The molecule has 3 saturated heterocycles. The van der Waals surface area contributed by atoms with Crippen LogP contribution in [0.2, 0.25) is 0 Å². The number of amides is 1. The smallest absolute Gasteiger partial charge is 0.363 e. The molecule has 0 radical (unpaired) electrons. The lowest BCUT2D eigenvalue weighted by Gasteiger charge is -2.49. The van der Waals surface area contributed by atoms with E-state index < -0.39 is 17.5 Å². The van der Waals surface area contributed by atoms with Gasteiger partial charge in [0.2, 0.25) is 11.9 Å². The lowest BCUT2D eigenvalue weighted by atomic mass is 9.84. The highest BCUT2D eigenvalue weighted by atomic mass is 19.4. The Kier molecular flexibility index (Phi) is 3.68. The number of hydrogen-bond donors (Lipinski definition) is 0. The highest BCUT2D eigenvalue weighted by Crippen LogP contribution is 2.45. The zero-order valence-electron chi connectivity index (χ0n) is 13.8. The highest BCUT2D eigenvalue weighted by Gasteiger charge is 2.52. The molecule has 1 aromatic heterocycles. The number of carbonyl (C=O) groups excluding carboxylic acids is 1. The van der Waals surface area contributed by atoms with Gasteiger partial charge in [-0.2, -0.15) is 13.2 Å². The molecule has 2 atom stereocenters. The molecule has 1 spiro atoms. The van der Waals surface area contributed by atoms with Crippen LogP contribution in [0, 0.1) is 0 Å². The summed E-state index contributed by atoms with van der Waals surface area (Å²) in [5, 5.41) is 0. The van der Waals surface area contributed by atoms with E-state index in [0.29, 0.717) is 19.4 Å². The Morgan fingerprint density at radius 3 is 2.56 bits per heavy atom. The number of rotatable bonds is 1. The van der Waals surface area contributed by atoms with Gasteiger partial charge in [0.15, 0.2) is 0 Å². The van der Waals surface area contributed by atoms with Crippen LogP contribution in [0.3, 0.4) is 0 Å². The predicted octanol–water partition coefficient (Wildman–Crippen LogP) is 1.85. The van der Waals surface area contributed by atoms with Gasteiger partial charge in [-0.1, -0.05) is 0 Å². The summed E-state index contributed by atoms with van der Waals surface area (Å²) in [5.74, 6) is 0.0963. The minimum absolute atomic E-state index is 0.0313. The Hall–Kier alpha value is -1.90. The molecule has 2 bridgehead atoms. The number of alkyl halides is 3. The number of halogens is 3. The van der Waals surface area contributed by atoms with Crippen molar-refractivity contribution in [2.75, 3.05) is 25.1 Å². The topological polar surface area (TPSA) is 58.6 Å². The summed E-state index contributed by atoms with van der Waals surface area (Å²) in [6.07, 6.45) is -0.247. The third-order valence-electron chi connectivity index (χ3n) is 5.45. The first-order valence-corrected chi connectivity index (χ1v) is 8.34. The van der Waals surface area contributed by atoms with Crippen LogP contribution >= 0.6 is 0 Å². The van der Waals surface area contributed by atoms with Gasteiger partial charge in [-0.15, -0.1) is 0 Å². The summed E-state index contributed by atoms with van der Waals surface area (Å²) in [6, 6.07) is 0.953. The minimum Gasteiger partial charge on any atom is -0.363 e. The van der Waals surface area contributed by atoms with Crippen LogP contribution in [0.25, 0.3) is 0 Å². The molecular weight excluding hydrogens is 337 g/mol. The monoisotopic (exact) mass is 356 g/mol. The molecule has 3 aliphatic heterocycles. The van der Waals surface area contributed by atoms with Crippen molar-refractivity contribution in [2.45, 2.75) is 49.5 Å².